The molecule has 0 aliphatic heterocycles. The van der Waals surface area contributed by atoms with Crippen molar-refractivity contribution in [1.82, 2.24) is 4.98 Å². The zero-order valence-electron chi connectivity index (χ0n) is 10.6. The van der Waals surface area contributed by atoms with Crippen LogP contribution in [0.15, 0.2) is 46.6 Å². The van der Waals surface area contributed by atoms with Gasteiger partial charge in [-0.3, -0.25) is 0 Å². The first kappa shape index (κ1) is 14.5. The predicted molar refractivity (Wildman–Crippen MR) is 80.1 cm³/mol. The number of ether oxygens (including phenoxy) is 1. The number of thioether (sulfide) groups is 1. The SMILES string of the molecule is CSc1ccc(Oc2nccc(/C(N)=N/O)c2Cl)cc1. The molecule has 0 fully saturated rings. The summed E-state index contributed by atoms with van der Waals surface area (Å²) < 4.78 is 5.60. The maximum atomic E-state index is 8.69. The number of benzene rings is 1. The van der Waals surface area contributed by atoms with E-state index in [1.54, 1.807) is 17.8 Å². The van der Waals surface area contributed by atoms with Gasteiger partial charge in [0, 0.05) is 16.7 Å². The van der Waals surface area contributed by atoms with E-state index in [2.05, 4.69) is 10.1 Å². The highest BCUT2D eigenvalue weighted by Gasteiger charge is 2.13. The molecule has 0 atom stereocenters. The van der Waals surface area contributed by atoms with Crippen molar-refractivity contribution in [1.29, 1.82) is 0 Å². The van der Waals surface area contributed by atoms with Crippen LogP contribution >= 0.6 is 23.4 Å². The summed E-state index contributed by atoms with van der Waals surface area (Å²) in [5, 5.41) is 11.8. The molecule has 0 aliphatic carbocycles. The van der Waals surface area contributed by atoms with Gasteiger partial charge in [0.05, 0.1) is 0 Å². The number of hydrogen-bond donors (Lipinski definition) is 2. The van der Waals surface area contributed by atoms with E-state index in [9.17, 15) is 0 Å². The molecule has 0 radical (unpaired) electrons. The van der Waals surface area contributed by atoms with Crippen molar-refractivity contribution in [3.05, 3.63) is 47.1 Å². The second-order valence-corrected chi connectivity index (χ2v) is 5.00. The fourth-order valence-corrected chi connectivity index (χ4v) is 2.16. The number of aromatic nitrogens is 1. The third-order valence-corrected chi connectivity index (χ3v) is 3.62. The number of pyridine rings is 1. The van der Waals surface area contributed by atoms with Gasteiger partial charge in [-0.2, -0.15) is 0 Å². The molecule has 0 spiro atoms. The van der Waals surface area contributed by atoms with Crippen LogP contribution in [0.2, 0.25) is 5.02 Å². The Morgan fingerprint density at radius 2 is 2.05 bits per heavy atom. The Labute approximate surface area is 125 Å². The van der Waals surface area contributed by atoms with E-state index in [0.29, 0.717) is 11.3 Å². The van der Waals surface area contributed by atoms with Crippen LogP contribution in [0.5, 0.6) is 11.6 Å². The second kappa shape index (κ2) is 6.49. The number of amidine groups is 1. The highest BCUT2D eigenvalue weighted by molar-refractivity contribution is 7.98. The Kier molecular flexibility index (Phi) is 4.70. The van der Waals surface area contributed by atoms with Crippen LogP contribution in [0.4, 0.5) is 0 Å². The molecule has 7 heteroatoms. The van der Waals surface area contributed by atoms with Gasteiger partial charge < -0.3 is 15.7 Å². The van der Waals surface area contributed by atoms with E-state index < -0.39 is 0 Å². The molecule has 0 bridgehead atoms. The maximum Gasteiger partial charge on any atom is 0.238 e. The molecule has 0 aliphatic rings. The van der Waals surface area contributed by atoms with E-state index in [1.165, 1.54) is 6.20 Å². The number of oxime groups is 1. The first-order chi connectivity index (χ1) is 9.65. The van der Waals surface area contributed by atoms with Crippen molar-refractivity contribution >= 4 is 29.2 Å². The molecule has 5 nitrogen and oxygen atoms in total. The molecule has 0 saturated carbocycles. The van der Waals surface area contributed by atoms with E-state index in [4.69, 9.17) is 27.3 Å². The molecule has 0 amide bonds. The zero-order chi connectivity index (χ0) is 14.5. The molecule has 104 valence electrons. The summed E-state index contributed by atoms with van der Waals surface area (Å²) >= 11 is 7.77. The molecule has 1 heterocycles. The minimum Gasteiger partial charge on any atom is -0.438 e. The maximum absolute atomic E-state index is 8.69. The van der Waals surface area contributed by atoms with Gasteiger partial charge in [-0.25, -0.2) is 4.98 Å². The van der Waals surface area contributed by atoms with Gasteiger partial charge in [-0.05, 0) is 36.6 Å². The van der Waals surface area contributed by atoms with Crippen molar-refractivity contribution in [3.8, 4) is 11.6 Å². The van der Waals surface area contributed by atoms with Gasteiger partial charge in [0.25, 0.3) is 0 Å². The Balaban J connectivity index is 2.29. The lowest BCUT2D eigenvalue weighted by Gasteiger charge is -2.09. The smallest absolute Gasteiger partial charge is 0.238 e. The van der Waals surface area contributed by atoms with Crippen molar-refractivity contribution in [2.75, 3.05) is 6.26 Å². The lowest BCUT2D eigenvalue weighted by molar-refractivity contribution is 0.318. The van der Waals surface area contributed by atoms with Crippen LogP contribution in [-0.4, -0.2) is 22.3 Å². The van der Waals surface area contributed by atoms with E-state index in [0.717, 1.165) is 4.90 Å². The van der Waals surface area contributed by atoms with Crippen molar-refractivity contribution < 1.29 is 9.94 Å². The van der Waals surface area contributed by atoms with Gasteiger partial charge in [0.2, 0.25) is 5.88 Å². The summed E-state index contributed by atoms with van der Waals surface area (Å²) in [7, 11) is 0. The zero-order valence-corrected chi connectivity index (χ0v) is 12.1. The normalized spacial score (nSPS) is 11.4. The van der Waals surface area contributed by atoms with Gasteiger partial charge in [0.15, 0.2) is 5.84 Å². The van der Waals surface area contributed by atoms with Gasteiger partial charge in [0.1, 0.15) is 10.8 Å². The average molecular weight is 310 g/mol. The van der Waals surface area contributed by atoms with E-state index in [-0.39, 0.29) is 16.7 Å². The fourth-order valence-electron chi connectivity index (χ4n) is 1.50. The van der Waals surface area contributed by atoms with Crippen molar-refractivity contribution in [3.63, 3.8) is 0 Å². The third-order valence-electron chi connectivity index (χ3n) is 2.51. The lowest BCUT2D eigenvalue weighted by Crippen LogP contribution is -2.14. The Morgan fingerprint density at radius 3 is 2.65 bits per heavy atom. The number of rotatable bonds is 4. The lowest BCUT2D eigenvalue weighted by atomic mass is 10.2. The van der Waals surface area contributed by atoms with E-state index >= 15 is 0 Å². The molecule has 2 rings (SSSR count). The molecule has 20 heavy (non-hydrogen) atoms. The molecular formula is C13H12ClN3O2S. The largest absolute Gasteiger partial charge is 0.438 e. The van der Waals surface area contributed by atoms with E-state index in [1.807, 2.05) is 30.5 Å². The standard InChI is InChI=1S/C13H12ClN3O2S/c1-20-9-4-2-8(3-5-9)19-13-11(14)10(6-7-16-13)12(15)17-18/h2-7,18H,1H3,(H2,15,17). The minimum atomic E-state index is -0.0972. The van der Waals surface area contributed by atoms with Gasteiger partial charge in [-0.15, -0.1) is 11.8 Å². The summed E-state index contributed by atoms with van der Waals surface area (Å²) in [5.41, 5.74) is 5.89. The molecule has 1 aromatic carbocycles. The highest BCUT2D eigenvalue weighted by atomic mass is 35.5. The average Bonchev–Trinajstić information content (AvgIpc) is 2.49. The molecular weight excluding hydrogens is 298 g/mol. The Bertz CT molecular complexity index is 632. The van der Waals surface area contributed by atoms with Gasteiger partial charge >= 0.3 is 0 Å². The Hall–Kier alpha value is -1.92. The summed E-state index contributed by atoms with van der Waals surface area (Å²) in [6.45, 7) is 0. The molecule has 3 N–H and O–H groups in total. The summed E-state index contributed by atoms with van der Waals surface area (Å²) in [6.07, 6.45) is 3.47. The number of nitrogens with two attached hydrogens (primary N) is 1. The highest BCUT2D eigenvalue weighted by Crippen LogP contribution is 2.30. The topological polar surface area (TPSA) is 80.7 Å². The monoisotopic (exact) mass is 309 g/mol. The fraction of sp³-hybridized carbons (Fsp3) is 0.0769. The molecule has 1 aromatic heterocycles. The minimum absolute atomic E-state index is 0.0972. The predicted octanol–water partition coefficient (Wildman–Crippen LogP) is 3.34. The number of nitrogens with zero attached hydrogens (tertiary/aromatic N) is 2. The second-order valence-electron chi connectivity index (χ2n) is 3.74. The van der Waals surface area contributed by atoms with Crippen molar-refractivity contribution in [2.24, 2.45) is 10.9 Å². The van der Waals surface area contributed by atoms with Crippen LogP contribution in [0.25, 0.3) is 0 Å². The molecule has 2 aromatic rings. The first-order valence-corrected chi connectivity index (χ1v) is 7.20. The first-order valence-electron chi connectivity index (χ1n) is 5.60. The van der Waals surface area contributed by atoms with Crippen LogP contribution < -0.4 is 10.5 Å². The third kappa shape index (κ3) is 3.15. The number of halogens is 1. The van der Waals surface area contributed by atoms with Crippen LogP contribution in [0.1, 0.15) is 5.56 Å². The summed E-state index contributed by atoms with van der Waals surface area (Å²) in [4.78, 5) is 5.17. The quantitative estimate of drug-likeness (QED) is 0.298. The summed E-state index contributed by atoms with van der Waals surface area (Å²) in [5.74, 6) is 0.710. The molecule has 0 saturated heterocycles. The number of hydrogen-bond acceptors (Lipinski definition) is 5. The van der Waals surface area contributed by atoms with Gasteiger partial charge in [-0.1, -0.05) is 16.8 Å². The van der Waals surface area contributed by atoms with Crippen LogP contribution in [-0.2, 0) is 0 Å². The van der Waals surface area contributed by atoms with Crippen molar-refractivity contribution in [2.45, 2.75) is 4.90 Å². The summed E-state index contributed by atoms with van der Waals surface area (Å²) in [6, 6.07) is 9.05. The Morgan fingerprint density at radius 1 is 1.35 bits per heavy atom. The van der Waals surface area contributed by atoms with Crippen LogP contribution in [0.3, 0.4) is 0 Å². The molecule has 0 unspecified atom stereocenters. The van der Waals surface area contributed by atoms with Crippen LogP contribution in [0, 0.1) is 0 Å².